The molecule has 1 aromatic rings. The van der Waals surface area contributed by atoms with Crippen LogP contribution >= 0.6 is 11.8 Å². The van der Waals surface area contributed by atoms with Crippen molar-refractivity contribution in [3.05, 3.63) is 120 Å². The Hall–Kier alpha value is -4.91. The molecular weight excluding hydrogens is 1400 g/mol. The number of benzene rings is 1. The molecule has 0 aliphatic carbocycles. The molecule has 18 N–H and O–H groups in total. The summed E-state index contributed by atoms with van der Waals surface area (Å²) in [5.74, 6) is -7.35. The molecular formula is C83H134O23S. The number of ether oxygens (including phenoxy) is 3. The van der Waals surface area contributed by atoms with Crippen molar-refractivity contribution in [2.45, 2.75) is 311 Å². The van der Waals surface area contributed by atoms with Crippen LogP contribution in [0.4, 0.5) is 0 Å². The van der Waals surface area contributed by atoms with Crippen LogP contribution in [0.5, 0.6) is 17.2 Å². The summed E-state index contributed by atoms with van der Waals surface area (Å²) in [5.41, 5.74) is 0.756. The number of methoxy groups -OCH3 is 1. The maximum Gasteiger partial charge on any atom is 0.311 e. The fraction of sp³-hybridized carbons (Fsp3) is 0.687. The lowest BCUT2D eigenvalue weighted by Crippen LogP contribution is -2.55. The first kappa shape index (κ1) is 96.3. The molecule has 1 saturated heterocycles. The van der Waals surface area contributed by atoms with Gasteiger partial charge in [-0.05, 0) is 126 Å². The Morgan fingerprint density at radius 1 is 0.598 bits per heavy atom. The van der Waals surface area contributed by atoms with Gasteiger partial charge in [0.1, 0.15) is 17.6 Å². The Labute approximate surface area is 639 Å². The molecule has 25 unspecified atom stereocenters. The number of hydrogen-bond acceptors (Lipinski definition) is 24. The number of esters is 1. The molecule has 1 aromatic carbocycles. The van der Waals surface area contributed by atoms with E-state index < -0.39 is 151 Å². The minimum absolute atomic E-state index is 0.0371. The third-order valence-corrected chi connectivity index (χ3v) is 21.6. The van der Waals surface area contributed by atoms with Gasteiger partial charge in [0.15, 0.2) is 17.3 Å². The molecule has 23 nitrogen and oxygen atoms in total. The molecule has 3 rings (SSSR count). The summed E-state index contributed by atoms with van der Waals surface area (Å²) in [6, 6.07) is 1.07. The largest absolute Gasteiger partial charge is 0.507 e. The molecule has 0 saturated carbocycles. The van der Waals surface area contributed by atoms with Crippen LogP contribution in [-0.4, -0.2) is 220 Å². The predicted octanol–water partition coefficient (Wildman–Crippen LogP) is 9.28. The van der Waals surface area contributed by atoms with Crippen LogP contribution in [0.3, 0.4) is 0 Å². The van der Waals surface area contributed by atoms with E-state index in [1.165, 1.54) is 31.0 Å². The lowest BCUT2D eigenvalue weighted by molar-refractivity contribution is -0.302. The normalized spacial score (nSPS) is 35.6. The van der Waals surface area contributed by atoms with Gasteiger partial charge in [0.2, 0.25) is 0 Å². The van der Waals surface area contributed by atoms with E-state index in [0.717, 1.165) is 18.9 Å². The van der Waals surface area contributed by atoms with Gasteiger partial charge in [-0.15, -0.1) is 11.8 Å². The number of ketones is 1. The van der Waals surface area contributed by atoms with E-state index in [1.807, 2.05) is 13.0 Å². The first-order valence-corrected chi connectivity index (χ1v) is 39.7. The lowest BCUT2D eigenvalue weighted by atomic mass is 9.78. The van der Waals surface area contributed by atoms with Crippen molar-refractivity contribution >= 4 is 23.5 Å². The first-order valence-electron chi connectivity index (χ1n) is 38.5. The van der Waals surface area contributed by atoms with Crippen LogP contribution in [0.15, 0.2) is 120 Å². The Morgan fingerprint density at radius 2 is 1.20 bits per heavy atom. The summed E-state index contributed by atoms with van der Waals surface area (Å²) in [6.45, 7) is 14.3. The number of fused-ring (bicyclic) bond motifs is 2. The fourth-order valence-corrected chi connectivity index (χ4v) is 14.5. The van der Waals surface area contributed by atoms with Crippen LogP contribution in [0.2, 0.25) is 0 Å². The van der Waals surface area contributed by atoms with Gasteiger partial charge < -0.3 is 106 Å². The average Bonchev–Trinajstić information content (AvgIpc) is 0.790. The summed E-state index contributed by atoms with van der Waals surface area (Å²) in [6.07, 6.45) is 16.8. The third-order valence-electron chi connectivity index (χ3n) is 20.8. The van der Waals surface area contributed by atoms with Gasteiger partial charge in [0.25, 0.3) is 0 Å². The van der Waals surface area contributed by atoms with Gasteiger partial charge in [-0.3, -0.25) is 9.59 Å². The second-order valence-electron chi connectivity index (χ2n) is 30.6. The number of aromatic hydroxyl groups is 3. The lowest BCUT2D eigenvalue weighted by Gasteiger charge is -2.46. The second-order valence-corrected chi connectivity index (χ2v) is 31.5. The van der Waals surface area contributed by atoms with Crippen molar-refractivity contribution in [2.24, 2.45) is 41.4 Å². The zero-order valence-corrected chi connectivity index (χ0v) is 65.6. The van der Waals surface area contributed by atoms with Gasteiger partial charge in [-0.2, -0.15) is 0 Å². The third kappa shape index (κ3) is 37.3. The minimum atomic E-state index is -2.24. The van der Waals surface area contributed by atoms with Crippen LogP contribution in [-0.2, 0) is 23.8 Å². The number of phenols is 3. The van der Waals surface area contributed by atoms with Crippen molar-refractivity contribution in [1.82, 2.24) is 0 Å². The Balaban J connectivity index is 1.80. The second kappa shape index (κ2) is 50.9. The number of allylic oxidation sites excluding steroid dienone is 11. The highest BCUT2D eigenvalue weighted by atomic mass is 32.2. The first-order chi connectivity index (χ1) is 50.5. The van der Waals surface area contributed by atoms with E-state index in [1.54, 1.807) is 133 Å². The van der Waals surface area contributed by atoms with E-state index in [9.17, 15) is 102 Å². The van der Waals surface area contributed by atoms with Crippen LogP contribution in [0, 0.1) is 41.4 Å². The zero-order chi connectivity index (χ0) is 80.1. The molecule has 0 spiro atoms. The molecule has 24 heteroatoms. The molecule has 0 aromatic heterocycles. The van der Waals surface area contributed by atoms with E-state index in [2.05, 4.69) is 6.92 Å². The molecule has 0 amide bonds. The minimum Gasteiger partial charge on any atom is -0.507 e. The summed E-state index contributed by atoms with van der Waals surface area (Å²) < 4.78 is 17.9. The number of rotatable bonds is 9. The van der Waals surface area contributed by atoms with Crippen molar-refractivity contribution in [2.75, 3.05) is 13.4 Å². The van der Waals surface area contributed by atoms with Crippen molar-refractivity contribution < 1.29 is 116 Å². The van der Waals surface area contributed by atoms with Crippen molar-refractivity contribution in [1.29, 1.82) is 0 Å². The van der Waals surface area contributed by atoms with Gasteiger partial charge in [0.05, 0.1) is 109 Å². The number of phenolic OH excluding ortho intramolecular Hbond substituents is 3. The number of cyclic esters (lactones) is 1. The average molecular weight is 1530 g/mol. The van der Waals surface area contributed by atoms with E-state index >= 15 is 0 Å². The van der Waals surface area contributed by atoms with Gasteiger partial charge in [-0.1, -0.05) is 165 Å². The monoisotopic (exact) mass is 1530 g/mol. The number of aliphatic hydroxyl groups excluding tert-OH is 14. The maximum atomic E-state index is 14.0. The fourth-order valence-electron chi connectivity index (χ4n) is 13.7. The Kier molecular flexibility index (Phi) is 45.8. The van der Waals surface area contributed by atoms with Crippen LogP contribution in [0.1, 0.15) is 208 Å². The van der Waals surface area contributed by atoms with Gasteiger partial charge in [0, 0.05) is 74.5 Å². The molecule has 2 aliphatic heterocycles. The van der Waals surface area contributed by atoms with E-state index in [4.69, 9.17) is 14.2 Å². The van der Waals surface area contributed by atoms with Crippen LogP contribution < -0.4 is 0 Å². The quantitative estimate of drug-likeness (QED) is 0.0360. The highest BCUT2D eigenvalue weighted by Gasteiger charge is 2.49. The predicted molar refractivity (Wildman–Crippen MR) is 414 cm³/mol. The highest BCUT2D eigenvalue weighted by Crippen LogP contribution is 2.47. The molecule has 25 atom stereocenters. The van der Waals surface area contributed by atoms with E-state index in [-0.39, 0.29) is 111 Å². The zero-order valence-electron chi connectivity index (χ0n) is 64.8. The topological polar surface area (TPSA) is 426 Å². The van der Waals surface area contributed by atoms with Crippen molar-refractivity contribution in [3.63, 3.8) is 0 Å². The molecule has 1 fully saturated rings. The molecule has 2 aliphatic rings. The molecule has 2 heterocycles. The van der Waals surface area contributed by atoms with E-state index in [0.29, 0.717) is 61.8 Å². The molecule has 107 heavy (non-hydrogen) atoms. The molecule has 610 valence electrons. The Bertz CT molecular complexity index is 2980. The number of Topliss-reactive ketones (excluding diaryl/α,β-unsaturated/α-hetero) is 1. The smallest absolute Gasteiger partial charge is 0.311 e. The standard InChI is InChI=1S/C83H134O23S/c1-51-24-19-21-32-63(88)44-68(93)46-69(33-22-20-25-52(2)35-39-75(104-9)77-80(102)72(96)48-73(97)82(77)107-10)105-76(99)50-83(103)49-74(98)57(7)81(106-83)58(8)79(101)55(5)27-23-26-54(4)78(100)56(6)71(95)47-70(94)53(3)36-38-65(90)45-67(92)43-62(87)31-18-14-17-30-61(86)42-66(91)41-60(85)29-16-13-11-12-15-28-59(84)40-64(89)37-34-51/h11-18,20,22-23,25-27,29,31,33,48,51-53,55-65,67-71,74-75,78-79,81,84-90,92-98,100-103H,19,21,24,28,30,32,34-47,49-50H2,1-10H3/b13-11?,15-12?,17-14?,25-20+,27-23?,29-16?,31-18?,33-22+,54-26?. The van der Waals surface area contributed by atoms with Gasteiger partial charge in [-0.25, -0.2) is 0 Å². The maximum absolute atomic E-state index is 14.0. The summed E-state index contributed by atoms with van der Waals surface area (Å²) in [4.78, 5) is 26.9. The number of thioether (sulfide) groups is 1. The summed E-state index contributed by atoms with van der Waals surface area (Å²) >= 11 is 1.20. The summed E-state index contributed by atoms with van der Waals surface area (Å²) in [5, 5.41) is 197. The number of carbonyl (C=O) groups excluding carboxylic acids is 2. The SMILES string of the molecule is COC(CCC(C)/C=C/C=C/C1CC(O)CC(O)CCCCC(C)CCC(O)CC(O)CC=CC=CC=CC(O)CC(=O)CC(O)CC=CC=CC(O)CC(O)CC(O)CCC(C)C(O)CC(O)C(C)C(O)C(C)=CC=CC(C)C(O)C(C)C2OC(O)(CC(=O)O1)CC(O)C2C)c1c(O)c(O)cc(O)c1SC. The number of carbonyl (C=O) groups is 2. The highest BCUT2D eigenvalue weighted by molar-refractivity contribution is 7.98. The number of hydrogen-bond donors (Lipinski definition) is 18. The summed E-state index contributed by atoms with van der Waals surface area (Å²) in [7, 11) is 1.47. The molecule has 0 radical (unpaired) electrons. The Morgan fingerprint density at radius 3 is 1.87 bits per heavy atom. The molecule has 2 bridgehead atoms. The van der Waals surface area contributed by atoms with Crippen molar-refractivity contribution in [3.8, 4) is 17.2 Å². The van der Waals surface area contributed by atoms with Crippen LogP contribution in [0.25, 0.3) is 0 Å². The van der Waals surface area contributed by atoms with Gasteiger partial charge >= 0.3 is 5.97 Å². The number of aliphatic hydroxyl groups is 15.